The Balaban J connectivity index is 1.59. The third-order valence-electron chi connectivity index (χ3n) is 5.93. The first-order valence-electron chi connectivity index (χ1n) is 10.5. The van der Waals surface area contributed by atoms with Gasteiger partial charge >= 0.3 is 0 Å². The molecule has 156 valence electrons. The van der Waals surface area contributed by atoms with Crippen LogP contribution in [0.25, 0.3) is 0 Å². The van der Waals surface area contributed by atoms with Gasteiger partial charge in [-0.05, 0) is 56.4 Å². The third-order valence-corrected chi connectivity index (χ3v) is 7.12. The maximum atomic E-state index is 13.3. The summed E-state index contributed by atoms with van der Waals surface area (Å²) < 4.78 is 0. The molecule has 31 heavy (non-hydrogen) atoms. The van der Waals surface area contributed by atoms with Crippen molar-refractivity contribution in [3.05, 3.63) is 75.7 Å². The van der Waals surface area contributed by atoms with Crippen LogP contribution in [0.2, 0.25) is 0 Å². The second-order valence-corrected chi connectivity index (χ2v) is 9.14. The predicted molar refractivity (Wildman–Crippen MR) is 126 cm³/mol. The minimum Gasteiger partial charge on any atom is -0.322 e. The lowest BCUT2D eigenvalue weighted by Gasteiger charge is -2.13. The molecule has 6 heteroatoms. The molecule has 1 aromatic heterocycles. The van der Waals surface area contributed by atoms with Crippen molar-refractivity contribution in [2.45, 2.75) is 32.6 Å². The average molecular weight is 430 g/mol. The highest BCUT2D eigenvalue weighted by molar-refractivity contribution is 7.16. The van der Waals surface area contributed by atoms with E-state index < -0.39 is 0 Å². The molecule has 0 spiro atoms. The molecule has 0 saturated carbocycles. The molecule has 1 aliphatic carbocycles. The summed E-state index contributed by atoms with van der Waals surface area (Å²) >= 11 is 1.55. The lowest BCUT2D eigenvalue weighted by molar-refractivity contribution is -0.111. The average Bonchev–Trinajstić information content (AvgIpc) is 3.26. The van der Waals surface area contributed by atoms with E-state index in [1.54, 1.807) is 23.3 Å². The van der Waals surface area contributed by atoms with Crippen LogP contribution < -0.4 is 10.2 Å². The van der Waals surface area contributed by atoms with E-state index in [0.717, 1.165) is 53.7 Å². The van der Waals surface area contributed by atoms with Crippen LogP contribution in [-0.4, -0.2) is 24.6 Å². The number of aryl methyl sites for hydroxylation is 2. The Bertz CT molecular complexity index is 1220. The van der Waals surface area contributed by atoms with Crippen molar-refractivity contribution in [3.63, 3.8) is 0 Å². The van der Waals surface area contributed by atoms with E-state index in [9.17, 15) is 9.59 Å². The molecule has 0 fully saturated rings. The number of para-hydroxylation sites is 1. The Hall–Kier alpha value is -3.25. The number of hydrogen-bond acceptors (Lipinski definition) is 4. The van der Waals surface area contributed by atoms with E-state index in [0.29, 0.717) is 16.3 Å². The Morgan fingerprint density at radius 3 is 2.61 bits per heavy atom. The van der Waals surface area contributed by atoms with Gasteiger partial charge in [-0.3, -0.25) is 9.59 Å². The van der Waals surface area contributed by atoms with Gasteiger partial charge in [0.25, 0.3) is 11.8 Å². The summed E-state index contributed by atoms with van der Waals surface area (Å²) in [5, 5.41) is 3.66. The Morgan fingerprint density at radius 2 is 1.81 bits per heavy atom. The van der Waals surface area contributed by atoms with Crippen molar-refractivity contribution in [1.29, 1.82) is 0 Å². The number of aliphatic imine (C=N–C) groups is 1. The highest BCUT2D eigenvalue weighted by atomic mass is 32.1. The van der Waals surface area contributed by atoms with Crippen LogP contribution in [0.15, 0.2) is 53.5 Å². The van der Waals surface area contributed by atoms with Gasteiger partial charge in [-0.2, -0.15) is 0 Å². The summed E-state index contributed by atoms with van der Waals surface area (Å²) in [5.74, 6) is -0.299. The maximum absolute atomic E-state index is 13.3. The summed E-state index contributed by atoms with van der Waals surface area (Å²) in [4.78, 5) is 33.9. The molecule has 1 N–H and O–H groups in total. The van der Waals surface area contributed by atoms with Gasteiger partial charge in [-0.25, -0.2) is 4.99 Å². The molecule has 2 aromatic carbocycles. The van der Waals surface area contributed by atoms with Crippen LogP contribution in [0.3, 0.4) is 0 Å². The van der Waals surface area contributed by atoms with Gasteiger partial charge in [-0.15, -0.1) is 11.3 Å². The molecule has 1 aliphatic heterocycles. The molecule has 0 bridgehead atoms. The number of hydrogen-bond donors (Lipinski definition) is 1. The monoisotopic (exact) mass is 429 g/mol. The fraction of sp³-hybridized carbons (Fsp3) is 0.240. The number of likely N-dealkylation sites (N-methyl/N-ethyl adjacent to an activating group) is 1. The molecule has 0 atom stereocenters. The van der Waals surface area contributed by atoms with Crippen molar-refractivity contribution in [1.82, 2.24) is 0 Å². The van der Waals surface area contributed by atoms with Crippen molar-refractivity contribution in [2.24, 2.45) is 4.99 Å². The van der Waals surface area contributed by atoms with Crippen molar-refractivity contribution >= 4 is 45.2 Å². The van der Waals surface area contributed by atoms with Gasteiger partial charge in [0.1, 0.15) is 10.7 Å². The lowest BCUT2D eigenvalue weighted by Crippen LogP contribution is -2.25. The molecule has 5 rings (SSSR count). The number of benzene rings is 2. The van der Waals surface area contributed by atoms with Gasteiger partial charge in [0, 0.05) is 23.2 Å². The number of rotatable bonds is 3. The summed E-state index contributed by atoms with van der Waals surface area (Å²) in [5.41, 5.74) is 5.66. The first-order valence-corrected chi connectivity index (χ1v) is 11.3. The molecule has 5 nitrogen and oxygen atoms in total. The van der Waals surface area contributed by atoms with Gasteiger partial charge < -0.3 is 10.2 Å². The van der Waals surface area contributed by atoms with Crippen LogP contribution in [-0.2, 0) is 17.6 Å². The summed E-state index contributed by atoms with van der Waals surface area (Å²) in [7, 11) is 1.76. The summed E-state index contributed by atoms with van der Waals surface area (Å²) in [6.07, 6.45) is 4.01. The second-order valence-electron chi connectivity index (χ2n) is 8.05. The molecule has 2 heterocycles. The minimum absolute atomic E-state index is 0.141. The topological polar surface area (TPSA) is 61.8 Å². The summed E-state index contributed by atoms with van der Waals surface area (Å²) in [6, 6.07) is 15.4. The van der Waals surface area contributed by atoms with Gasteiger partial charge in [0.05, 0.1) is 11.3 Å². The third kappa shape index (κ3) is 3.47. The van der Waals surface area contributed by atoms with Crippen LogP contribution in [0.4, 0.5) is 16.4 Å². The molecule has 2 aliphatic rings. The number of thiophene rings is 1. The Labute approximate surface area is 185 Å². The number of anilines is 2. The maximum Gasteiger partial charge on any atom is 0.277 e. The quantitative estimate of drug-likeness (QED) is 0.615. The lowest BCUT2D eigenvalue weighted by atomic mass is 9.95. The first kappa shape index (κ1) is 19.7. The Morgan fingerprint density at radius 1 is 1.06 bits per heavy atom. The minimum atomic E-state index is -0.158. The molecule has 0 unspecified atom stereocenters. The van der Waals surface area contributed by atoms with Gasteiger partial charge in [0.15, 0.2) is 0 Å². The summed E-state index contributed by atoms with van der Waals surface area (Å²) in [6.45, 7) is 2.02. The smallest absolute Gasteiger partial charge is 0.277 e. The number of carbonyl (C=O) groups excluding carboxylic acids is 2. The number of amides is 2. The SMILES string of the molecule is Cc1ccc(NC(=O)c2c(N=C3C(=O)N(C)c4ccccc43)sc3c2CCCC3)cc1. The van der Waals surface area contributed by atoms with Crippen LogP contribution in [0.5, 0.6) is 0 Å². The van der Waals surface area contributed by atoms with E-state index in [-0.39, 0.29) is 11.8 Å². The highest BCUT2D eigenvalue weighted by Gasteiger charge is 2.33. The van der Waals surface area contributed by atoms with E-state index in [1.807, 2.05) is 55.5 Å². The van der Waals surface area contributed by atoms with Crippen molar-refractivity contribution in [3.8, 4) is 0 Å². The largest absolute Gasteiger partial charge is 0.322 e. The fourth-order valence-corrected chi connectivity index (χ4v) is 5.52. The molecular weight excluding hydrogens is 406 g/mol. The highest BCUT2D eigenvalue weighted by Crippen LogP contribution is 2.41. The van der Waals surface area contributed by atoms with E-state index in [2.05, 4.69) is 5.32 Å². The predicted octanol–water partition coefficient (Wildman–Crippen LogP) is 5.28. The first-order chi connectivity index (χ1) is 15.0. The van der Waals surface area contributed by atoms with Crippen LogP contribution in [0, 0.1) is 6.92 Å². The fourth-order valence-electron chi connectivity index (χ4n) is 4.25. The van der Waals surface area contributed by atoms with Crippen LogP contribution in [0.1, 0.15) is 44.8 Å². The van der Waals surface area contributed by atoms with Crippen molar-refractivity contribution in [2.75, 3.05) is 17.3 Å². The zero-order chi connectivity index (χ0) is 21.5. The normalized spacial score (nSPS) is 16.4. The zero-order valence-corrected chi connectivity index (χ0v) is 18.4. The zero-order valence-electron chi connectivity index (χ0n) is 17.6. The van der Waals surface area contributed by atoms with E-state index in [1.165, 1.54) is 4.88 Å². The Kier molecular flexibility index (Phi) is 4.94. The molecular formula is C25H23N3O2S. The second kappa shape index (κ2) is 7.78. The molecule has 2 amide bonds. The standard InChI is InChI=1S/C25H23N3O2S/c1-15-11-13-16(14-12-15)26-23(29)21-18-8-4-6-10-20(18)31-24(21)27-22-17-7-3-5-9-19(17)28(2)25(22)30/h3,5,7,9,11-14H,4,6,8,10H2,1-2H3,(H,26,29). The number of nitrogens with zero attached hydrogens (tertiary/aromatic N) is 2. The van der Waals surface area contributed by atoms with Crippen molar-refractivity contribution < 1.29 is 9.59 Å². The molecule has 0 radical (unpaired) electrons. The van der Waals surface area contributed by atoms with E-state index >= 15 is 0 Å². The molecule has 3 aromatic rings. The molecule has 0 saturated heterocycles. The van der Waals surface area contributed by atoms with E-state index in [4.69, 9.17) is 4.99 Å². The number of carbonyl (C=O) groups is 2. The van der Waals surface area contributed by atoms with Gasteiger partial charge in [-0.1, -0.05) is 35.9 Å². The number of nitrogens with one attached hydrogen (secondary N) is 1. The van der Waals surface area contributed by atoms with Gasteiger partial charge in [0.2, 0.25) is 0 Å². The number of fused-ring (bicyclic) bond motifs is 2. The van der Waals surface area contributed by atoms with Crippen LogP contribution >= 0.6 is 11.3 Å².